The van der Waals surface area contributed by atoms with Crippen molar-refractivity contribution >= 4 is 58.7 Å². The van der Waals surface area contributed by atoms with Gasteiger partial charge >= 0.3 is 0 Å². The Morgan fingerprint density at radius 2 is 2.10 bits per heavy atom. The van der Waals surface area contributed by atoms with Crippen molar-refractivity contribution < 1.29 is 4.39 Å². The van der Waals surface area contributed by atoms with E-state index in [1.54, 1.807) is 39.5 Å². The van der Waals surface area contributed by atoms with E-state index in [2.05, 4.69) is 21.6 Å². The van der Waals surface area contributed by atoms with Crippen molar-refractivity contribution in [3.05, 3.63) is 41.8 Å². The molecule has 20 heavy (non-hydrogen) atoms. The van der Waals surface area contributed by atoms with Gasteiger partial charge in [0.25, 0.3) is 0 Å². The van der Waals surface area contributed by atoms with Gasteiger partial charge in [0.2, 0.25) is 0 Å². The third-order valence-corrected chi connectivity index (χ3v) is 5.81. The molecule has 0 spiro atoms. The summed E-state index contributed by atoms with van der Waals surface area (Å²) in [7, 11) is 0. The largest absolute Gasteiger partial charge is 0.277 e. The number of thiophene rings is 2. The van der Waals surface area contributed by atoms with Gasteiger partial charge in [-0.15, -0.1) is 32.9 Å². The van der Waals surface area contributed by atoms with E-state index in [9.17, 15) is 4.39 Å². The van der Waals surface area contributed by atoms with Crippen LogP contribution in [-0.2, 0) is 0 Å². The lowest BCUT2D eigenvalue weighted by Gasteiger charge is -2.05. The summed E-state index contributed by atoms with van der Waals surface area (Å²) >= 11 is 3.40. The van der Waals surface area contributed by atoms with Crippen LogP contribution in [0.1, 0.15) is 0 Å². The van der Waals surface area contributed by atoms with Crippen molar-refractivity contribution in [2.75, 3.05) is 0 Å². The Morgan fingerprint density at radius 3 is 3.05 bits per heavy atom. The van der Waals surface area contributed by atoms with Gasteiger partial charge in [-0.25, -0.2) is 4.39 Å². The molecule has 0 aliphatic heterocycles. The zero-order valence-corrected chi connectivity index (χ0v) is 11.6. The number of rotatable bonds is 0. The molecule has 0 fully saturated rings. The molecule has 0 N–H and O–H groups in total. The molecule has 5 aromatic rings. The number of para-hydroxylation sites is 1. The van der Waals surface area contributed by atoms with Gasteiger partial charge < -0.3 is 0 Å². The topological polar surface area (TPSA) is 30.2 Å². The maximum absolute atomic E-state index is 14.3. The lowest BCUT2D eigenvalue weighted by molar-refractivity contribution is 0.635. The minimum atomic E-state index is -0.247. The molecule has 0 saturated heterocycles. The summed E-state index contributed by atoms with van der Waals surface area (Å²) in [4.78, 5) is 0. The molecule has 4 heterocycles. The summed E-state index contributed by atoms with van der Waals surface area (Å²) < 4.78 is 18.3. The first-order chi connectivity index (χ1) is 9.84. The highest BCUT2D eigenvalue weighted by atomic mass is 32.2. The van der Waals surface area contributed by atoms with Crippen LogP contribution in [0, 0.1) is 5.82 Å². The summed E-state index contributed by atoms with van der Waals surface area (Å²) in [6.45, 7) is 0. The Morgan fingerprint density at radius 1 is 1.15 bits per heavy atom. The number of nitrogens with zero attached hydrogens (tertiary/aromatic N) is 3. The van der Waals surface area contributed by atoms with Gasteiger partial charge in [0.1, 0.15) is 12.1 Å². The molecule has 0 unspecified atom stereocenters. The molecule has 5 rings (SSSR count). The van der Waals surface area contributed by atoms with Gasteiger partial charge in [0.15, 0.2) is 5.65 Å². The van der Waals surface area contributed by atoms with Crippen LogP contribution >= 0.6 is 22.7 Å². The van der Waals surface area contributed by atoms with E-state index in [0.29, 0.717) is 5.52 Å². The highest BCUT2D eigenvalue weighted by Crippen LogP contribution is 2.42. The second-order valence-corrected chi connectivity index (χ2v) is 6.78. The van der Waals surface area contributed by atoms with Crippen LogP contribution in [0.15, 0.2) is 36.0 Å². The van der Waals surface area contributed by atoms with Crippen molar-refractivity contribution in [3.63, 3.8) is 0 Å². The molecule has 0 bridgehead atoms. The maximum Gasteiger partial charge on any atom is 0.179 e. The molecule has 96 valence electrons. The fourth-order valence-electron chi connectivity index (χ4n) is 2.77. The van der Waals surface area contributed by atoms with Gasteiger partial charge in [0, 0.05) is 16.2 Å². The first kappa shape index (κ1) is 10.7. The smallest absolute Gasteiger partial charge is 0.179 e. The Hall–Kier alpha value is -2.05. The molecule has 0 saturated carbocycles. The van der Waals surface area contributed by atoms with Crippen LogP contribution in [0.5, 0.6) is 0 Å². The number of pyridine rings is 1. The van der Waals surface area contributed by atoms with Crippen LogP contribution in [0.3, 0.4) is 0 Å². The quantitative estimate of drug-likeness (QED) is 0.423. The molecule has 4 aromatic heterocycles. The van der Waals surface area contributed by atoms with Crippen LogP contribution in [0.25, 0.3) is 36.0 Å². The van der Waals surface area contributed by atoms with Gasteiger partial charge in [-0.05, 0) is 17.5 Å². The fourth-order valence-corrected chi connectivity index (χ4v) is 5.02. The zero-order valence-electron chi connectivity index (χ0n) is 10.0. The molecule has 0 atom stereocenters. The predicted molar refractivity (Wildman–Crippen MR) is 81.2 cm³/mol. The molecule has 1 aromatic carbocycles. The minimum Gasteiger partial charge on any atom is -0.277 e. The van der Waals surface area contributed by atoms with Crippen LogP contribution in [0.2, 0.25) is 0 Å². The number of fused-ring (bicyclic) bond motifs is 8. The van der Waals surface area contributed by atoms with Crippen molar-refractivity contribution in [2.45, 2.75) is 0 Å². The van der Waals surface area contributed by atoms with Crippen molar-refractivity contribution in [1.82, 2.24) is 14.6 Å². The monoisotopic (exact) mass is 299 g/mol. The summed E-state index contributed by atoms with van der Waals surface area (Å²) in [5, 5.41) is 13.4. The third-order valence-electron chi connectivity index (χ3n) is 3.57. The molecule has 0 aliphatic rings. The van der Waals surface area contributed by atoms with Crippen LogP contribution in [-0.4, -0.2) is 14.6 Å². The molecule has 0 aliphatic carbocycles. The normalized spacial score (nSPS) is 12.2. The predicted octanol–water partition coefficient (Wildman–Crippen LogP) is 4.45. The van der Waals surface area contributed by atoms with E-state index in [0.717, 1.165) is 21.1 Å². The summed E-state index contributed by atoms with van der Waals surface area (Å²) in [6.07, 6.45) is 1.58. The van der Waals surface area contributed by atoms with Crippen molar-refractivity contribution in [1.29, 1.82) is 0 Å². The Balaban J connectivity index is 2.29. The second-order valence-electron chi connectivity index (χ2n) is 4.59. The molecule has 3 nitrogen and oxygen atoms in total. The van der Waals surface area contributed by atoms with E-state index in [1.165, 1.54) is 15.5 Å². The molecular weight excluding hydrogens is 293 g/mol. The number of aromatic nitrogens is 3. The van der Waals surface area contributed by atoms with Crippen LogP contribution < -0.4 is 0 Å². The Labute approximate surface area is 119 Å². The second kappa shape index (κ2) is 3.53. The number of hydrogen-bond donors (Lipinski definition) is 0. The van der Waals surface area contributed by atoms with Gasteiger partial charge in [-0.3, -0.25) is 4.40 Å². The average Bonchev–Trinajstić information content (AvgIpc) is 3.12. The van der Waals surface area contributed by atoms with E-state index < -0.39 is 0 Å². The molecular formula is C14H6FN3S2. The van der Waals surface area contributed by atoms with Crippen LogP contribution in [0.4, 0.5) is 4.39 Å². The Kier molecular flexibility index (Phi) is 1.89. The summed E-state index contributed by atoms with van der Waals surface area (Å²) in [5.74, 6) is -0.247. The maximum atomic E-state index is 14.3. The first-order valence-electron chi connectivity index (χ1n) is 6.04. The minimum absolute atomic E-state index is 0.247. The Bertz CT molecular complexity index is 1120. The van der Waals surface area contributed by atoms with E-state index in [-0.39, 0.29) is 5.82 Å². The van der Waals surface area contributed by atoms with E-state index in [1.807, 2.05) is 6.07 Å². The van der Waals surface area contributed by atoms with E-state index in [4.69, 9.17) is 0 Å². The zero-order chi connectivity index (χ0) is 13.3. The van der Waals surface area contributed by atoms with Gasteiger partial charge in [-0.1, -0.05) is 12.1 Å². The number of halogens is 1. The van der Waals surface area contributed by atoms with Crippen molar-refractivity contribution in [2.24, 2.45) is 0 Å². The lowest BCUT2D eigenvalue weighted by Crippen LogP contribution is -1.91. The molecule has 0 radical (unpaired) electrons. The molecule has 6 heteroatoms. The first-order valence-corrected chi connectivity index (χ1v) is 7.74. The third kappa shape index (κ3) is 1.14. The molecule has 0 amide bonds. The fraction of sp³-hybridized carbons (Fsp3) is 0. The van der Waals surface area contributed by atoms with Crippen molar-refractivity contribution in [3.8, 4) is 0 Å². The number of hydrogen-bond acceptors (Lipinski definition) is 4. The highest BCUT2D eigenvalue weighted by Gasteiger charge is 2.17. The standard InChI is InChI=1S/C14H6FN3S2/c15-9-3-1-2-7-10-8-4-5-19-14(8)20-12(10)13-17-16-6-18(13)11(7)9/h1-6H. The highest BCUT2D eigenvalue weighted by molar-refractivity contribution is 7.41. The van der Waals surface area contributed by atoms with Gasteiger partial charge in [-0.2, -0.15) is 0 Å². The lowest BCUT2D eigenvalue weighted by atomic mass is 10.1. The summed E-state index contributed by atoms with van der Waals surface area (Å²) in [5.41, 5.74) is 1.27. The van der Waals surface area contributed by atoms with Gasteiger partial charge in [0.05, 0.1) is 14.2 Å². The SMILES string of the molecule is Fc1cccc2c3c4ccsc4sc3c3nncn3c12. The van der Waals surface area contributed by atoms with E-state index >= 15 is 0 Å². The average molecular weight is 299 g/mol. The number of benzene rings is 1. The summed E-state index contributed by atoms with van der Waals surface area (Å²) in [6, 6.07) is 7.29.